The first-order valence-electron chi connectivity index (χ1n) is 11.1. The molecule has 0 bridgehead atoms. The van der Waals surface area contributed by atoms with Crippen LogP contribution in [-0.4, -0.2) is 75.3 Å². The third-order valence-electron chi connectivity index (χ3n) is 5.07. The Morgan fingerprint density at radius 2 is 1.34 bits per heavy atom. The second kappa shape index (κ2) is 14.0. The molecule has 5 unspecified atom stereocenters. The molecule has 0 aliphatic heterocycles. The number of rotatable bonds is 14. The van der Waals surface area contributed by atoms with Gasteiger partial charge in [-0.05, 0) is 24.8 Å². The van der Waals surface area contributed by atoms with Gasteiger partial charge in [0, 0.05) is 6.42 Å². The number of aliphatic hydroxyl groups is 1. The van der Waals surface area contributed by atoms with Crippen LogP contribution >= 0.6 is 0 Å². The number of benzene rings is 1. The number of hydrogen-bond donors (Lipinski definition) is 7. The number of nitrogens with one attached hydrogen (secondary N) is 3. The predicted molar refractivity (Wildman–Crippen MR) is 125 cm³/mol. The number of nitrogens with two attached hydrogens (primary N) is 1. The van der Waals surface area contributed by atoms with Crippen LogP contribution in [0.4, 0.5) is 0 Å². The maximum absolute atomic E-state index is 13.0. The number of carboxylic acids is 2. The smallest absolute Gasteiger partial charge is 0.326 e. The van der Waals surface area contributed by atoms with Gasteiger partial charge in [0.15, 0.2) is 0 Å². The van der Waals surface area contributed by atoms with Crippen LogP contribution in [-0.2, 0) is 30.4 Å². The fraction of sp³-hybridized carbons (Fsp3) is 0.522. The van der Waals surface area contributed by atoms with Crippen molar-refractivity contribution < 1.29 is 39.3 Å². The quantitative estimate of drug-likeness (QED) is 0.169. The van der Waals surface area contributed by atoms with E-state index in [1.165, 1.54) is 6.92 Å². The van der Waals surface area contributed by atoms with Gasteiger partial charge in [0.25, 0.3) is 0 Å². The van der Waals surface area contributed by atoms with Crippen LogP contribution in [0.3, 0.4) is 0 Å². The Labute approximate surface area is 203 Å². The number of carbonyl (C=O) groups is 5. The molecule has 35 heavy (non-hydrogen) atoms. The van der Waals surface area contributed by atoms with E-state index in [-0.39, 0.29) is 18.8 Å². The van der Waals surface area contributed by atoms with Crippen molar-refractivity contribution >= 4 is 29.7 Å². The maximum Gasteiger partial charge on any atom is 0.326 e. The van der Waals surface area contributed by atoms with E-state index in [1.807, 2.05) is 0 Å². The van der Waals surface area contributed by atoms with Crippen molar-refractivity contribution in [3.8, 4) is 0 Å². The van der Waals surface area contributed by atoms with Gasteiger partial charge in [0.2, 0.25) is 17.7 Å². The molecule has 194 valence electrons. The highest BCUT2D eigenvalue weighted by Gasteiger charge is 2.32. The highest BCUT2D eigenvalue weighted by atomic mass is 16.4. The van der Waals surface area contributed by atoms with Crippen LogP contribution in [0.25, 0.3) is 0 Å². The highest BCUT2D eigenvalue weighted by molar-refractivity contribution is 5.95. The monoisotopic (exact) mass is 494 g/mol. The molecular weight excluding hydrogens is 460 g/mol. The van der Waals surface area contributed by atoms with Gasteiger partial charge in [-0.1, -0.05) is 44.2 Å². The van der Waals surface area contributed by atoms with Gasteiger partial charge in [-0.25, -0.2) is 4.79 Å². The Morgan fingerprint density at radius 1 is 0.829 bits per heavy atom. The second-order valence-corrected chi connectivity index (χ2v) is 8.71. The third kappa shape index (κ3) is 10.5. The Hall–Kier alpha value is -3.51. The zero-order valence-electron chi connectivity index (χ0n) is 19.9. The first-order valence-corrected chi connectivity index (χ1v) is 11.1. The van der Waals surface area contributed by atoms with Crippen LogP contribution in [0.5, 0.6) is 0 Å². The first-order chi connectivity index (χ1) is 16.3. The summed E-state index contributed by atoms with van der Waals surface area (Å²) in [6.45, 7) is 4.84. The summed E-state index contributed by atoms with van der Waals surface area (Å²) in [5.41, 5.74) is 6.20. The van der Waals surface area contributed by atoms with Crippen LogP contribution in [0.15, 0.2) is 30.3 Å². The molecule has 1 rings (SSSR count). The van der Waals surface area contributed by atoms with E-state index in [0.717, 1.165) is 0 Å². The Bertz CT molecular complexity index is 891. The topological polar surface area (TPSA) is 208 Å². The lowest BCUT2D eigenvalue weighted by molar-refractivity contribution is -0.143. The molecule has 5 atom stereocenters. The maximum atomic E-state index is 13.0. The summed E-state index contributed by atoms with van der Waals surface area (Å²) in [6, 6.07) is 3.13. The van der Waals surface area contributed by atoms with E-state index >= 15 is 0 Å². The van der Waals surface area contributed by atoms with Crippen molar-refractivity contribution in [3.63, 3.8) is 0 Å². The van der Waals surface area contributed by atoms with Gasteiger partial charge in [-0.3, -0.25) is 19.2 Å². The van der Waals surface area contributed by atoms with Crippen molar-refractivity contribution in [1.82, 2.24) is 16.0 Å². The molecule has 3 amide bonds. The van der Waals surface area contributed by atoms with Gasteiger partial charge in [0.1, 0.15) is 24.2 Å². The normalized spacial score (nSPS) is 15.3. The molecule has 0 radical (unpaired) electrons. The molecule has 8 N–H and O–H groups in total. The van der Waals surface area contributed by atoms with Crippen LogP contribution in [0.2, 0.25) is 0 Å². The summed E-state index contributed by atoms with van der Waals surface area (Å²) in [6.07, 6.45) is -1.93. The van der Waals surface area contributed by atoms with E-state index in [1.54, 1.807) is 44.2 Å². The first kappa shape index (κ1) is 29.5. The summed E-state index contributed by atoms with van der Waals surface area (Å²) in [4.78, 5) is 61.0. The van der Waals surface area contributed by atoms with E-state index in [0.29, 0.717) is 5.56 Å². The molecule has 0 fully saturated rings. The average molecular weight is 495 g/mol. The minimum absolute atomic E-state index is 0.0205. The molecule has 1 aromatic carbocycles. The summed E-state index contributed by atoms with van der Waals surface area (Å²) in [5, 5.41) is 35.1. The number of aliphatic carboxylic acids is 2. The Balaban J connectivity index is 3.14. The van der Waals surface area contributed by atoms with Gasteiger partial charge in [0.05, 0.1) is 12.5 Å². The van der Waals surface area contributed by atoms with Crippen molar-refractivity contribution in [3.05, 3.63) is 35.9 Å². The van der Waals surface area contributed by atoms with Crippen molar-refractivity contribution in [2.45, 2.75) is 70.3 Å². The van der Waals surface area contributed by atoms with E-state index in [2.05, 4.69) is 16.0 Å². The predicted octanol–water partition coefficient (Wildman–Crippen LogP) is -1.00. The molecular formula is C23H34N4O8. The minimum atomic E-state index is -1.60. The molecule has 0 aliphatic carbocycles. The molecule has 0 saturated heterocycles. The molecule has 0 spiro atoms. The van der Waals surface area contributed by atoms with Gasteiger partial charge in [-0.2, -0.15) is 0 Å². The number of hydrogen-bond acceptors (Lipinski definition) is 7. The lowest BCUT2D eigenvalue weighted by atomic mass is 10.0. The summed E-state index contributed by atoms with van der Waals surface area (Å²) in [5.74, 6) is -5.38. The number of carboxylic acid groups (broad SMARTS) is 2. The molecule has 0 saturated carbocycles. The SMILES string of the molecule is CC(C)CC(NC(=O)C(Cc1ccccc1)NC(=O)C(CC(=O)O)NC(=O)C(N)C(C)O)C(=O)O. The molecule has 12 nitrogen and oxygen atoms in total. The number of aliphatic hydroxyl groups excluding tert-OH is 1. The average Bonchev–Trinajstić information content (AvgIpc) is 2.76. The van der Waals surface area contributed by atoms with E-state index in [4.69, 9.17) is 5.73 Å². The number of carbonyl (C=O) groups excluding carboxylic acids is 3. The standard InChI is InChI=1S/C23H34N4O8/c1-12(2)9-17(23(34)35)27-20(31)15(10-14-7-5-4-6-8-14)25-21(32)16(11-18(29)30)26-22(33)19(24)13(3)28/h4-8,12-13,15-17,19,28H,9-11,24H2,1-3H3,(H,25,32)(H,26,33)(H,27,31)(H,29,30)(H,34,35). The largest absolute Gasteiger partial charge is 0.481 e. The van der Waals surface area contributed by atoms with E-state index < -0.39 is 66.4 Å². The lowest BCUT2D eigenvalue weighted by Crippen LogP contribution is -2.59. The zero-order valence-corrected chi connectivity index (χ0v) is 19.9. The van der Waals surface area contributed by atoms with Crippen molar-refractivity contribution in [2.75, 3.05) is 0 Å². The van der Waals surface area contributed by atoms with Crippen molar-refractivity contribution in [1.29, 1.82) is 0 Å². The Kier molecular flexibility index (Phi) is 11.8. The highest BCUT2D eigenvalue weighted by Crippen LogP contribution is 2.09. The van der Waals surface area contributed by atoms with Gasteiger partial charge < -0.3 is 37.0 Å². The van der Waals surface area contributed by atoms with E-state index in [9.17, 15) is 39.3 Å². The Morgan fingerprint density at radius 3 is 1.83 bits per heavy atom. The van der Waals surface area contributed by atoms with Gasteiger partial charge >= 0.3 is 11.9 Å². The second-order valence-electron chi connectivity index (χ2n) is 8.71. The molecule has 0 aliphatic rings. The zero-order chi connectivity index (χ0) is 26.7. The summed E-state index contributed by atoms with van der Waals surface area (Å²) < 4.78 is 0. The lowest BCUT2D eigenvalue weighted by Gasteiger charge is -2.25. The van der Waals surface area contributed by atoms with Gasteiger partial charge in [-0.15, -0.1) is 0 Å². The summed E-state index contributed by atoms with van der Waals surface area (Å²) in [7, 11) is 0. The molecule has 0 heterocycles. The fourth-order valence-corrected chi connectivity index (χ4v) is 3.17. The number of amides is 3. The minimum Gasteiger partial charge on any atom is -0.481 e. The third-order valence-corrected chi connectivity index (χ3v) is 5.07. The molecule has 0 aromatic heterocycles. The molecule has 1 aromatic rings. The van der Waals surface area contributed by atoms with Crippen LogP contribution in [0.1, 0.15) is 39.2 Å². The molecule has 12 heteroatoms. The summed E-state index contributed by atoms with van der Waals surface area (Å²) >= 11 is 0. The fourth-order valence-electron chi connectivity index (χ4n) is 3.17. The van der Waals surface area contributed by atoms with Crippen LogP contribution < -0.4 is 21.7 Å². The van der Waals surface area contributed by atoms with Crippen molar-refractivity contribution in [2.24, 2.45) is 11.7 Å². The van der Waals surface area contributed by atoms with Crippen LogP contribution in [0, 0.1) is 5.92 Å².